The second-order valence-corrected chi connectivity index (χ2v) is 5.79. The van der Waals surface area contributed by atoms with Gasteiger partial charge in [-0.25, -0.2) is 0 Å². The fraction of sp³-hybridized carbons (Fsp3) is 0.625. The second kappa shape index (κ2) is 8.58. The molecule has 0 atom stereocenters. The maximum Gasteiger partial charge on any atom is 0.179 e. The SMILES string of the molecule is CCOc1c(Cl)cc(CN2CCN(CCO)CC2)cc1OC. The van der Waals surface area contributed by atoms with Crippen molar-refractivity contribution in [2.75, 3.05) is 53.0 Å². The summed E-state index contributed by atoms with van der Waals surface area (Å²) in [5, 5.41) is 9.57. The van der Waals surface area contributed by atoms with Crippen molar-refractivity contribution in [3.8, 4) is 11.5 Å². The fourth-order valence-corrected chi connectivity index (χ4v) is 3.01. The van der Waals surface area contributed by atoms with Gasteiger partial charge in [-0.3, -0.25) is 9.80 Å². The van der Waals surface area contributed by atoms with Crippen LogP contribution in [0.15, 0.2) is 12.1 Å². The molecule has 1 aromatic carbocycles. The lowest BCUT2D eigenvalue weighted by molar-refractivity contribution is 0.108. The van der Waals surface area contributed by atoms with Crippen LogP contribution in [-0.2, 0) is 6.54 Å². The molecule has 0 aliphatic carbocycles. The van der Waals surface area contributed by atoms with Gasteiger partial charge in [0, 0.05) is 39.3 Å². The predicted octanol–water partition coefficient (Wildman–Crippen LogP) is 1.86. The highest BCUT2D eigenvalue weighted by molar-refractivity contribution is 6.32. The van der Waals surface area contributed by atoms with E-state index in [2.05, 4.69) is 9.80 Å². The Labute approximate surface area is 137 Å². The molecule has 2 rings (SSSR count). The standard InChI is InChI=1S/C16H25ClN2O3/c1-3-22-16-14(17)10-13(11-15(16)21-2)12-19-6-4-18(5-7-19)8-9-20/h10-11,20H,3-9,12H2,1-2H3. The van der Waals surface area contributed by atoms with Crippen LogP contribution in [-0.4, -0.2) is 68.0 Å². The van der Waals surface area contributed by atoms with Crippen LogP contribution in [0.25, 0.3) is 0 Å². The molecule has 1 aliphatic heterocycles. The summed E-state index contributed by atoms with van der Waals surface area (Å²) in [6.07, 6.45) is 0. The van der Waals surface area contributed by atoms with E-state index in [-0.39, 0.29) is 6.61 Å². The zero-order chi connectivity index (χ0) is 15.9. The molecule has 22 heavy (non-hydrogen) atoms. The lowest BCUT2D eigenvalue weighted by atomic mass is 10.1. The van der Waals surface area contributed by atoms with Crippen molar-refractivity contribution in [1.82, 2.24) is 9.80 Å². The molecule has 1 saturated heterocycles. The molecule has 0 amide bonds. The highest BCUT2D eigenvalue weighted by atomic mass is 35.5. The number of hydrogen-bond donors (Lipinski definition) is 1. The third kappa shape index (κ3) is 4.49. The summed E-state index contributed by atoms with van der Waals surface area (Å²) >= 11 is 6.31. The van der Waals surface area contributed by atoms with Crippen LogP contribution < -0.4 is 9.47 Å². The lowest BCUT2D eigenvalue weighted by Crippen LogP contribution is -2.46. The summed E-state index contributed by atoms with van der Waals surface area (Å²) in [6.45, 7) is 8.28. The van der Waals surface area contributed by atoms with Crippen molar-refractivity contribution >= 4 is 11.6 Å². The summed E-state index contributed by atoms with van der Waals surface area (Å²) in [7, 11) is 1.63. The van der Waals surface area contributed by atoms with Gasteiger partial charge in [0.1, 0.15) is 0 Å². The minimum absolute atomic E-state index is 0.228. The van der Waals surface area contributed by atoms with E-state index in [1.807, 2.05) is 19.1 Å². The second-order valence-electron chi connectivity index (χ2n) is 5.38. The average Bonchev–Trinajstić information content (AvgIpc) is 2.52. The number of hydrogen-bond acceptors (Lipinski definition) is 5. The van der Waals surface area contributed by atoms with Crippen LogP contribution in [0.1, 0.15) is 12.5 Å². The molecule has 0 saturated carbocycles. The molecule has 124 valence electrons. The Bertz CT molecular complexity index is 477. The van der Waals surface area contributed by atoms with E-state index in [9.17, 15) is 0 Å². The summed E-state index contributed by atoms with van der Waals surface area (Å²) < 4.78 is 10.9. The highest BCUT2D eigenvalue weighted by Gasteiger charge is 2.18. The molecule has 0 bridgehead atoms. The summed E-state index contributed by atoms with van der Waals surface area (Å²) in [6, 6.07) is 3.95. The summed E-state index contributed by atoms with van der Waals surface area (Å²) in [5.74, 6) is 1.30. The Morgan fingerprint density at radius 1 is 1.18 bits per heavy atom. The third-order valence-electron chi connectivity index (χ3n) is 3.87. The van der Waals surface area contributed by atoms with Crippen LogP contribution in [0.4, 0.5) is 0 Å². The number of rotatable bonds is 7. The molecule has 5 nitrogen and oxygen atoms in total. The van der Waals surface area contributed by atoms with Crippen molar-refractivity contribution in [3.05, 3.63) is 22.7 Å². The first kappa shape index (κ1) is 17.3. The van der Waals surface area contributed by atoms with Gasteiger partial charge in [0.15, 0.2) is 11.5 Å². The Kier molecular flexibility index (Phi) is 6.76. The molecular formula is C16H25ClN2O3. The van der Waals surface area contributed by atoms with E-state index >= 15 is 0 Å². The number of aliphatic hydroxyl groups is 1. The number of piperazine rings is 1. The van der Waals surface area contributed by atoms with Gasteiger partial charge >= 0.3 is 0 Å². The van der Waals surface area contributed by atoms with E-state index in [1.54, 1.807) is 7.11 Å². The molecule has 0 radical (unpaired) electrons. The quantitative estimate of drug-likeness (QED) is 0.827. The molecule has 1 N–H and O–H groups in total. The number of methoxy groups -OCH3 is 1. The van der Waals surface area contributed by atoms with Crippen molar-refractivity contribution in [3.63, 3.8) is 0 Å². The van der Waals surface area contributed by atoms with Crippen LogP contribution >= 0.6 is 11.6 Å². The van der Waals surface area contributed by atoms with Gasteiger partial charge in [-0.15, -0.1) is 0 Å². The van der Waals surface area contributed by atoms with E-state index in [1.165, 1.54) is 0 Å². The number of ether oxygens (including phenoxy) is 2. The van der Waals surface area contributed by atoms with Gasteiger partial charge in [-0.2, -0.15) is 0 Å². The van der Waals surface area contributed by atoms with Crippen molar-refractivity contribution in [1.29, 1.82) is 0 Å². The maximum atomic E-state index is 8.98. The zero-order valence-corrected chi connectivity index (χ0v) is 14.1. The van der Waals surface area contributed by atoms with Gasteiger partial charge in [0.2, 0.25) is 0 Å². The average molecular weight is 329 g/mol. The van der Waals surface area contributed by atoms with E-state index in [0.717, 1.165) is 44.8 Å². The Morgan fingerprint density at radius 3 is 2.45 bits per heavy atom. The fourth-order valence-electron chi connectivity index (χ4n) is 2.72. The molecule has 6 heteroatoms. The number of aliphatic hydroxyl groups excluding tert-OH is 1. The minimum atomic E-state index is 0.228. The van der Waals surface area contributed by atoms with Gasteiger partial charge in [-0.05, 0) is 24.6 Å². The first-order valence-electron chi connectivity index (χ1n) is 7.72. The molecule has 0 aromatic heterocycles. The number of nitrogens with zero attached hydrogens (tertiary/aromatic N) is 2. The molecule has 1 aliphatic rings. The number of halogens is 1. The van der Waals surface area contributed by atoms with Crippen LogP contribution in [0.5, 0.6) is 11.5 Å². The van der Waals surface area contributed by atoms with Crippen LogP contribution in [0, 0.1) is 0 Å². The Hall–Kier alpha value is -1.01. The molecule has 1 heterocycles. The molecular weight excluding hydrogens is 304 g/mol. The third-order valence-corrected chi connectivity index (χ3v) is 4.15. The normalized spacial score (nSPS) is 16.7. The minimum Gasteiger partial charge on any atom is -0.493 e. The lowest BCUT2D eigenvalue weighted by Gasteiger charge is -2.34. The summed E-state index contributed by atoms with van der Waals surface area (Å²) in [5.41, 5.74) is 1.13. The predicted molar refractivity (Wildman–Crippen MR) is 88.0 cm³/mol. The van der Waals surface area contributed by atoms with Gasteiger partial charge in [0.05, 0.1) is 25.3 Å². The van der Waals surface area contributed by atoms with E-state index in [0.29, 0.717) is 23.1 Å². The van der Waals surface area contributed by atoms with Gasteiger partial charge in [-0.1, -0.05) is 11.6 Å². The molecule has 0 spiro atoms. The zero-order valence-electron chi connectivity index (χ0n) is 13.3. The van der Waals surface area contributed by atoms with Crippen molar-refractivity contribution < 1.29 is 14.6 Å². The highest BCUT2D eigenvalue weighted by Crippen LogP contribution is 2.36. The van der Waals surface area contributed by atoms with Crippen LogP contribution in [0.2, 0.25) is 5.02 Å². The number of β-amino-alcohol motifs (C(OH)–C–C–N with tert-alkyl or cyclic N) is 1. The first-order valence-corrected chi connectivity index (χ1v) is 8.10. The van der Waals surface area contributed by atoms with E-state index < -0.39 is 0 Å². The van der Waals surface area contributed by atoms with Gasteiger partial charge < -0.3 is 14.6 Å². The molecule has 0 unspecified atom stereocenters. The maximum absolute atomic E-state index is 8.98. The largest absolute Gasteiger partial charge is 0.493 e. The van der Waals surface area contributed by atoms with E-state index in [4.69, 9.17) is 26.2 Å². The summed E-state index contributed by atoms with van der Waals surface area (Å²) in [4.78, 5) is 4.67. The smallest absolute Gasteiger partial charge is 0.179 e. The van der Waals surface area contributed by atoms with Crippen LogP contribution in [0.3, 0.4) is 0 Å². The topological polar surface area (TPSA) is 45.2 Å². The monoisotopic (exact) mass is 328 g/mol. The molecule has 1 fully saturated rings. The van der Waals surface area contributed by atoms with Gasteiger partial charge in [0.25, 0.3) is 0 Å². The Balaban J connectivity index is 2.00. The number of benzene rings is 1. The molecule has 1 aromatic rings. The first-order chi connectivity index (χ1) is 10.7. The van der Waals surface area contributed by atoms with Crippen molar-refractivity contribution in [2.24, 2.45) is 0 Å². The van der Waals surface area contributed by atoms with Crippen molar-refractivity contribution in [2.45, 2.75) is 13.5 Å². The Morgan fingerprint density at radius 2 is 1.86 bits per heavy atom.